The Kier molecular flexibility index (Phi) is 5.00. The maximum atomic E-state index is 12.8. The minimum absolute atomic E-state index is 0.173. The Balaban J connectivity index is 1.36. The molecule has 1 spiro atoms. The van der Waals surface area contributed by atoms with Gasteiger partial charge in [0.2, 0.25) is 5.82 Å². The van der Waals surface area contributed by atoms with Crippen molar-refractivity contribution in [2.45, 2.75) is 50.9 Å². The molecule has 11 heteroatoms. The molecule has 0 radical (unpaired) electrons. The first-order valence-corrected chi connectivity index (χ1v) is 10.8. The third-order valence-corrected chi connectivity index (χ3v) is 6.64. The molecule has 1 saturated heterocycles. The van der Waals surface area contributed by atoms with Crippen LogP contribution >= 0.6 is 0 Å². The molecule has 2 aromatic heterocycles. The smallest absolute Gasteiger partial charge is 0.441 e. The minimum Gasteiger partial charge on any atom is -0.441 e. The first-order valence-electron chi connectivity index (χ1n) is 10.8. The van der Waals surface area contributed by atoms with Gasteiger partial charge >= 0.3 is 12.3 Å². The zero-order valence-electron chi connectivity index (χ0n) is 18.3. The normalized spacial score (nSPS) is 25.0. The molecule has 1 saturated carbocycles. The van der Waals surface area contributed by atoms with Crippen LogP contribution in [0.3, 0.4) is 0 Å². The summed E-state index contributed by atoms with van der Waals surface area (Å²) in [6, 6.07) is 7.51. The first kappa shape index (κ1) is 22.1. The van der Waals surface area contributed by atoms with E-state index < -0.39 is 23.7 Å². The highest BCUT2D eigenvalue weighted by molar-refractivity contribution is 5.90. The van der Waals surface area contributed by atoms with Crippen LogP contribution in [0.5, 0.6) is 0 Å². The summed E-state index contributed by atoms with van der Waals surface area (Å²) in [6.45, 7) is 2.98. The van der Waals surface area contributed by atoms with Gasteiger partial charge in [-0.3, -0.25) is 4.90 Å². The average Bonchev–Trinajstić information content (AvgIpc) is 3.32. The second-order valence-electron chi connectivity index (χ2n) is 9.43. The van der Waals surface area contributed by atoms with Crippen molar-refractivity contribution in [1.29, 1.82) is 5.26 Å². The molecule has 0 bridgehead atoms. The number of imidazole rings is 1. The Bertz CT molecular complexity index is 1300. The Morgan fingerprint density at radius 1 is 1.21 bits per heavy atom. The standard InChI is InChI=1S/C23H21F3N6O2/c1-21(12-31-14-30-17-4-3-15(8-27)7-18(17)31)5-2-6-22(11-21)13-32(20(33)34-22)16-9-28-19(29-10-16)23(24,25)26/h3-4,7,9-10,14H,2,5-6,11-13H2,1H3/t21-,22-/m0/s1. The van der Waals surface area contributed by atoms with Crippen LogP contribution in [0.15, 0.2) is 36.9 Å². The highest BCUT2D eigenvalue weighted by Gasteiger charge is 2.52. The number of ether oxygens (including phenoxy) is 1. The number of anilines is 1. The second-order valence-corrected chi connectivity index (χ2v) is 9.43. The van der Waals surface area contributed by atoms with Crippen molar-refractivity contribution in [3.05, 3.63) is 48.3 Å². The highest BCUT2D eigenvalue weighted by atomic mass is 19.4. The Morgan fingerprint density at radius 2 is 1.97 bits per heavy atom. The van der Waals surface area contributed by atoms with Crippen LogP contribution < -0.4 is 4.90 Å². The molecule has 2 atom stereocenters. The molecule has 1 aliphatic carbocycles. The number of nitriles is 1. The van der Waals surface area contributed by atoms with Crippen LogP contribution in [0.1, 0.15) is 44.0 Å². The van der Waals surface area contributed by atoms with Crippen molar-refractivity contribution < 1.29 is 22.7 Å². The molecule has 2 aliphatic rings. The van der Waals surface area contributed by atoms with Crippen LogP contribution in [0.25, 0.3) is 11.0 Å². The number of hydrogen-bond acceptors (Lipinski definition) is 6. The van der Waals surface area contributed by atoms with Gasteiger partial charge in [-0.05, 0) is 49.3 Å². The summed E-state index contributed by atoms with van der Waals surface area (Å²) in [5, 5.41) is 9.24. The summed E-state index contributed by atoms with van der Waals surface area (Å²) in [5.41, 5.74) is 1.42. The van der Waals surface area contributed by atoms with Crippen molar-refractivity contribution in [3.8, 4) is 6.07 Å². The Morgan fingerprint density at radius 3 is 2.68 bits per heavy atom. The van der Waals surface area contributed by atoms with Crippen LogP contribution in [0.4, 0.5) is 23.7 Å². The molecule has 0 unspecified atom stereocenters. The fourth-order valence-electron chi connectivity index (χ4n) is 5.24. The van der Waals surface area contributed by atoms with Crippen molar-refractivity contribution >= 4 is 22.8 Å². The number of hydrogen-bond donors (Lipinski definition) is 0. The monoisotopic (exact) mass is 470 g/mol. The van der Waals surface area contributed by atoms with Crippen LogP contribution in [0, 0.1) is 16.7 Å². The van der Waals surface area contributed by atoms with Crippen molar-refractivity contribution in [1.82, 2.24) is 19.5 Å². The number of carbonyl (C=O) groups excluding carboxylic acids is 1. The Labute approximate surface area is 193 Å². The van der Waals surface area contributed by atoms with Crippen molar-refractivity contribution in [2.24, 2.45) is 5.41 Å². The number of benzene rings is 1. The number of alkyl halides is 3. The van der Waals surface area contributed by atoms with Gasteiger partial charge in [-0.15, -0.1) is 0 Å². The molecular weight excluding hydrogens is 449 g/mol. The topological polar surface area (TPSA) is 96.9 Å². The van der Waals surface area contributed by atoms with Crippen LogP contribution in [0.2, 0.25) is 0 Å². The Hall–Kier alpha value is -3.68. The maximum absolute atomic E-state index is 12.8. The molecular formula is C23H21F3N6O2. The lowest BCUT2D eigenvalue weighted by Crippen LogP contribution is -2.45. The number of fused-ring (bicyclic) bond motifs is 1. The van der Waals surface area contributed by atoms with E-state index in [1.807, 2.05) is 16.7 Å². The molecule has 1 amide bonds. The van der Waals surface area contributed by atoms with E-state index in [1.165, 1.54) is 4.90 Å². The lowest BCUT2D eigenvalue weighted by atomic mass is 9.68. The van der Waals surface area contributed by atoms with E-state index in [0.717, 1.165) is 36.3 Å². The van der Waals surface area contributed by atoms with Crippen molar-refractivity contribution in [3.63, 3.8) is 0 Å². The molecule has 8 nitrogen and oxygen atoms in total. The molecule has 2 fully saturated rings. The van der Waals surface area contributed by atoms with E-state index >= 15 is 0 Å². The summed E-state index contributed by atoms with van der Waals surface area (Å²) in [4.78, 5) is 25.2. The summed E-state index contributed by atoms with van der Waals surface area (Å²) < 4.78 is 46.2. The largest absolute Gasteiger partial charge is 0.451 e. The summed E-state index contributed by atoms with van der Waals surface area (Å²) in [5.74, 6) is -1.25. The zero-order chi connectivity index (χ0) is 24.1. The van der Waals surface area contributed by atoms with Gasteiger partial charge in [0.1, 0.15) is 5.60 Å². The van der Waals surface area contributed by atoms with Gasteiger partial charge in [-0.2, -0.15) is 18.4 Å². The van der Waals surface area contributed by atoms with E-state index in [1.54, 1.807) is 12.4 Å². The molecule has 1 aliphatic heterocycles. The predicted molar refractivity (Wildman–Crippen MR) is 115 cm³/mol. The molecule has 3 aromatic rings. The SMILES string of the molecule is C[C@]1(Cn2cnc3ccc(C#N)cc32)CCC[C@@]2(CN(c3cnc(C(F)(F)F)nc3)C(=O)O2)C1. The fourth-order valence-corrected chi connectivity index (χ4v) is 5.24. The van der Waals surface area contributed by atoms with Gasteiger partial charge in [0, 0.05) is 6.54 Å². The average molecular weight is 470 g/mol. The van der Waals surface area contributed by atoms with E-state index in [4.69, 9.17) is 4.74 Å². The molecule has 3 heterocycles. The number of rotatable bonds is 3. The number of amides is 1. The summed E-state index contributed by atoms with van der Waals surface area (Å²) >= 11 is 0. The first-order chi connectivity index (χ1) is 16.1. The summed E-state index contributed by atoms with van der Waals surface area (Å²) in [6.07, 6.45) is 1.48. The van der Waals surface area contributed by atoms with E-state index in [9.17, 15) is 23.2 Å². The third-order valence-electron chi connectivity index (χ3n) is 6.64. The quantitative estimate of drug-likeness (QED) is 0.551. The highest BCUT2D eigenvalue weighted by Crippen LogP contribution is 2.48. The number of halogens is 3. The lowest BCUT2D eigenvalue weighted by Gasteiger charge is -2.43. The third kappa shape index (κ3) is 3.93. The molecule has 0 N–H and O–H groups in total. The molecule has 1 aromatic carbocycles. The second kappa shape index (κ2) is 7.68. The molecule has 5 rings (SSSR count). The van der Waals surface area contributed by atoms with Crippen LogP contribution in [-0.2, 0) is 17.5 Å². The lowest BCUT2D eigenvalue weighted by molar-refractivity contribution is -0.144. The number of carbonyl (C=O) groups is 1. The van der Waals surface area contributed by atoms with Gasteiger partial charge < -0.3 is 9.30 Å². The van der Waals surface area contributed by atoms with Gasteiger partial charge in [-0.25, -0.2) is 19.7 Å². The number of aromatic nitrogens is 4. The number of nitrogens with zero attached hydrogens (tertiary/aromatic N) is 6. The van der Waals surface area contributed by atoms with Crippen LogP contribution in [-0.4, -0.2) is 37.8 Å². The maximum Gasteiger partial charge on any atom is 0.451 e. The minimum atomic E-state index is -4.65. The van der Waals surface area contributed by atoms with Gasteiger partial charge in [0.05, 0.1) is 53.6 Å². The molecule has 176 valence electrons. The van der Waals surface area contributed by atoms with E-state index in [-0.39, 0.29) is 17.6 Å². The van der Waals surface area contributed by atoms with Crippen molar-refractivity contribution in [2.75, 3.05) is 11.4 Å². The van der Waals surface area contributed by atoms with Gasteiger partial charge in [0.25, 0.3) is 0 Å². The van der Waals surface area contributed by atoms with Gasteiger partial charge in [0.15, 0.2) is 0 Å². The summed E-state index contributed by atoms with van der Waals surface area (Å²) in [7, 11) is 0. The molecule has 34 heavy (non-hydrogen) atoms. The van der Waals surface area contributed by atoms with E-state index in [2.05, 4.69) is 27.9 Å². The fraction of sp³-hybridized carbons (Fsp3) is 0.435. The predicted octanol–water partition coefficient (Wildman–Crippen LogP) is 4.69. The zero-order valence-corrected chi connectivity index (χ0v) is 18.3. The van der Waals surface area contributed by atoms with E-state index in [0.29, 0.717) is 24.9 Å². The van der Waals surface area contributed by atoms with Gasteiger partial charge in [-0.1, -0.05) is 6.92 Å².